The van der Waals surface area contributed by atoms with Gasteiger partial charge in [-0.05, 0) is 62.4 Å². The molecule has 5 rings (SSSR count). The van der Waals surface area contributed by atoms with Crippen LogP contribution in [0.5, 0.6) is 11.5 Å². The summed E-state index contributed by atoms with van der Waals surface area (Å²) >= 11 is 0. The number of hydrogen-bond acceptors (Lipinski definition) is 5. The molecule has 1 fully saturated rings. The first kappa shape index (κ1) is 22.7. The number of rotatable bonds is 7. The van der Waals surface area contributed by atoms with Crippen molar-refractivity contribution in [2.75, 3.05) is 19.9 Å². The Morgan fingerprint density at radius 1 is 1.06 bits per heavy atom. The Hall–Kier alpha value is -3.06. The maximum atomic E-state index is 13.4. The minimum Gasteiger partial charge on any atom is -0.454 e. The summed E-state index contributed by atoms with van der Waals surface area (Å²) in [7, 11) is 0. The van der Waals surface area contributed by atoms with Gasteiger partial charge in [-0.2, -0.15) is 0 Å². The van der Waals surface area contributed by atoms with Crippen molar-refractivity contribution in [1.82, 2.24) is 15.1 Å². The van der Waals surface area contributed by atoms with Gasteiger partial charge in [0.25, 0.3) is 5.91 Å². The van der Waals surface area contributed by atoms with Crippen molar-refractivity contribution < 1.29 is 19.1 Å². The fraction of sp³-hybridized carbons (Fsp3) is 0.481. The van der Waals surface area contributed by atoms with E-state index in [4.69, 9.17) is 9.47 Å². The van der Waals surface area contributed by atoms with Crippen LogP contribution in [0.4, 0.5) is 0 Å². The van der Waals surface area contributed by atoms with E-state index in [0.717, 1.165) is 24.1 Å². The minimum atomic E-state index is -0.637. The summed E-state index contributed by atoms with van der Waals surface area (Å²) in [6.07, 6.45) is 4.67. The third-order valence-corrected chi connectivity index (χ3v) is 7.36. The fourth-order valence-electron chi connectivity index (χ4n) is 5.54. The van der Waals surface area contributed by atoms with Gasteiger partial charge in [0, 0.05) is 37.3 Å². The van der Waals surface area contributed by atoms with Gasteiger partial charge in [-0.15, -0.1) is 0 Å². The Labute approximate surface area is 201 Å². The molecule has 0 spiro atoms. The summed E-state index contributed by atoms with van der Waals surface area (Å²) in [6.45, 7) is 6.69. The van der Waals surface area contributed by atoms with Gasteiger partial charge in [0.2, 0.25) is 12.7 Å². The molecule has 7 nitrogen and oxygen atoms in total. The molecular weight excluding hydrogens is 430 g/mol. The van der Waals surface area contributed by atoms with Crippen molar-refractivity contribution >= 4 is 11.8 Å². The van der Waals surface area contributed by atoms with E-state index in [2.05, 4.69) is 24.1 Å². The van der Waals surface area contributed by atoms with Crippen LogP contribution in [0.2, 0.25) is 0 Å². The van der Waals surface area contributed by atoms with Crippen LogP contribution < -0.4 is 14.8 Å². The van der Waals surface area contributed by atoms with E-state index in [1.54, 1.807) is 11.0 Å². The molecule has 0 aromatic heterocycles. The number of carbonyl (C=O) groups is 2. The highest BCUT2D eigenvalue weighted by Gasteiger charge is 2.40. The second-order valence-electron chi connectivity index (χ2n) is 9.62. The predicted molar refractivity (Wildman–Crippen MR) is 129 cm³/mol. The van der Waals surface area contributed by atoms with Crippen molar-refractivity contribution in [2.45, 2.75) is 64.2 Å². The molecule has 3 aliphatic rings. The number of nitrogens with one attached hydrogen (secondary N) is 1. The average molecular weight is 464 g/mol. The van der Waals surface area contributed by atoms with Crippen molar-refractivity contribution in [3.8, 4) is 11.5 Å². The zero-order valence-electron chi connectivity index (χ0n) is 20.0. The number of fused-ring (bicyclic) bond motifs is 2. The molecule has 3 aliphatic heterocycles. The van der Waals surface area contributed by atoms with Crippen LogP contribution in [-0.4, -0.2) is 53.6 Å². The quantitative estimate of drug-likeness (QED) is 0.631. The zero-order valence-corrected chi connectivity index (χ0v) is 20.0. The molecule has 34 heavy (non-hydrogen) atoms. The minimum absolute atomic E-state index is 0.121. The molecule has 2 amide bonds. The summed E-state index contributed by atoms with van der Waals surface area (Å²) in [6, 6.07) is 13.6. The topological polar surface area (TPSA) is 71.1 Å². The standard InChI is InChI=1S/C27H33N3O4/c1-18-7-5-8-19(2)29(18)14-6-13-28-26(31)25-21-9-3-4-10-22(21)27(32)30(25)16-20-11-12-23-24(15-20)34-17-33-23/h3-4,9-12,15,18-19,25H,5-8,13-14,16-17H2,1-2H3,(H,28,31)/t18-,19+,25-/m0/s1. The van der Waals surface area contributed by atoms with E-state index < -0.39 is 6.04 Å². The van der Waals surface area contributed by atoms with Crippen LogP contribution >= 0.6 is 0 Å². The van der Waals surface area contributed by atoms with Crippen LogP contribution in [-0.2, 0) is 11.3 Å². The third kappa shape index (κ3) is 4.37. The first-order chi connectivity index (χ1) is 16.5. The fourth-order valence-corrected chi connectivity index (χ4v) is 5.54. The van der Waals surface area contributed by atoms with Gasteiger partial charge >= 0.3 is 0 Å². The third-order valence-electron chi connectivity index (χ3n) is 7.36. The summed E-state index contributed by atoms with van der Waals surface area (Å²) < 4.78 is 10.9. The number of amides is 2. The molecule has 0 aliphatic carbocycles. The Morgan fingerprint density at radius 3 is 2.65 bits per heavy atom. The molecule has 0 radical (unpaired) electrons. The van der Waals surface area contributed by atoms with Gasteiger partial charge in [0.05, 0.1) is 0 Å². The number of piperidine rings is 1. The Balaban J connectivity index is 1.26. The first-order valence-electron chi connectivity index (χ1n) is 12.3. The van der Waals surface area contributed by atoms with Gasteiger partial charge in [-0.3, -0.25) is 14.5 Å². The average Bonchev–Trinajstić information content (AvgIpc) is 3.41. The molecular formula is C27H33N3O4. The molecule has 0 unspecified atom stereocenters. The lowest BCUT2D eigenvalue weighted by molar-refractivity contribution is -0.125. The number of ether oxygens (including phenoxy) is 2. The predicted octanol–water partition coefficient (Wildman–Crippen LogP) is 3.88. The van der Waals surface area contributed by atoms with E-state index in [9.17, 15) is 9.59 Å². The highest BCUT2D eigenvalue weighted by Crippen LogP contribution is 2.37. The van der Waals surface area contributed by atoms with Crippen LogP contribution in [0.15, 0.2) is 42.5 Å². The normalized spacial score (nSPS) is 23.8. The van der Waals surface area contributed by atoms with Crippen molar-refractivity contribution in [3.63, 3.8) is 0 Å². The van der Waals surface area contributed by atoms with Crippen LogP contribution in [0.1, 0.15) is 67.1 Å². The number of nitrogens with zero attached hydrogens (tertiary/aromatic N) is 2. The van der Waals surface area contributed by atoms with E-state index in [-0.39, 0.29) is 18.6 Å². The lowest BCUT2D eigenvalue weighted by Gasteiger charge is -2.39. The molecule has 0 saturated carbocycles. The second kappa shape index (κ2) is 9.66. The smallest absolute Gasteiger partial charge is 0.255 e. The van der Waals surface area contributed by atoms with Crippen molar-refractivity contribution in [3.05, 3.63) is 59.2 Å². The van der Waals surface area contributed by atoms with E-state index >= 15 is 0 Å². The van der Waals surface area contributed by atoms with E-state index in [0.29, 0.717) is 42.2 Å². The highest BCUT2D eigenvalue weighted by atomic mass is 16.7. The molecule has 1 N–H and O–H groups in total. The zero-order chi connectivity index (χ0) is 23.7. The van der Waals surface area contributed by atoms with Gasteiger partial charge in [0.1, 0.15) is 6.04 Å². The number of hydrogen-bond donors (Lipinski definition) is 1. The van der Waals surface area contributed by atoms with Crippen molar-refractivity contribution in [2.24, 2.45) is 0 Å². The SMILES string of the molecule is C[C@@H]1CCC[C@H](C)N1CCCNC(=O)[C@@H]1c2ccccc2C(=O)N1Cc1ccc2c(c1)OCO2. The molecule has 3 atom stereocenters. The second-order valence-corrected chi connectivity index (χ2v) is 9.62. The number of likely N-dealkylation sites (tertiary alicyclic amines) is 1. The monoisotopic (exact) mass is 463 g/mol. The molecule has 0 bridgehead atoms. The summed E-state index contributed by atoms with van der Waals surface area (Å²) in [5.41, 5.74) is 2.26. The molecule has 7 heteroatoms. The summed E-state index contributed by atoms with van der Waals surface area (Å²) in [5.74, 6) is 1.12. The first-order valence-corrected chi connectivity index (χ1v) is 12.3. The lowest BCUT2D eigenvalue weighted by Crippen LogP contribution is -2.45. The van der Waals surface area contributed by atoms with Gasteiger partial charge in [-0.1, -0.05) is 30.7 Å². The van der Waals surface area contributed by atoms with Crippen molar-refractivity contribution in [1.29, 1.82) is 0 Å². The Kier molecular flexibility index (Phi) is 6.46. The Morgan fingerprint density at radius 2 is 1.82 bits per heavy atom. The highest BCUT2D eigenvalue weighted by molar-refractivity contribution is 6.04. The van der Waals surface area contributed by atoms with Gasteiger partial charge in [0.15, 0.2) is 11.5 Å². The van der Waals surface area contributed by atoms with Crippen LogP contribution in [0.25, 0.3) is 0 Å². The molecule has 2 aromatic carbocycles. The maximum Gasteiger partial charge on any atom is 0.255 e. The molecule has 1 saturated heterocycles. The van der Waals surface area contributed by atoms with Gasteiger partial charge < -0.3 is 19.7 Å². The summed E-state index contributed by atoms with van der Waals surface area (Å²) in [5, 5.41) is 3.11. The summed E-state index contributed by atoms with van der Waals surface area (Å²) in [4.78, 5) is 30.8. The number of carbonyl (C=O) groups excluding carboxylic acids is 2. The molecule has 180 valence electrons. The Bertz CT molecular complexity index is 1060. The van der Waals surface area contributed by atoms with Crippen LogP contribution in [0.3, 0.4) is 0 Å². The molecule has 2 aromatic rings. The van der Waals surface area contributed by atoms with Gasteiger partial charge in [-0.25, -0.2) is 0 Å². The maximum absolute atomic E-state index is 13.4. The number of benzene rings is 2. The largest absolute Gasteiger partial charge is 0.454 e. The van der Waals surface area contributed by atoms with Crippen LogP contribution in [0, 0.1) is 0 Å². The van der Waals surface area contributed by atoms with E-state index in [1.165, 1.54) is 19.3 Å². The molecule has 3 heterocycles. The van der Waals surface area contributed by atoms with E-state index in [1.807, 2.05) is 36.4 Å². The lowest BCUT2D eigenvalue weighted by atomic mass is 9.97.